The smallest absolute Gasteiger partial charge is 0.191 e. The Bertz CT molecular complexity index is 777. The number of hydrogen-bond acceptors (Lipinski definition) is 4. The zero-order valence-corrected chi connectivity index (χ0v) is 16.3. The SMILES string of the molecule is CCCn1c(SCc2ccc(Br)cc2)nnc1-c1csc(C)c1. The Kier molecular flexibility index (Phi) is 5.56. The number of thioether (sulfide) groups is 1. The summed E-state index contributed by atoms with van der Waals surface area (Å²) in [5, 5.41) is 12.0. The van der Waals surface area contributed by atoms with E-state index in [0.29, 0.717) is 0 Å². The van der Waals surface area contributed by atoms with Gasteiger partial charge in [0.1, 0.15) is 0 Å². The summed E-state index contributed by atoms with van der Waals surface area (Å²) in [5.74, 6) is 1.88. The minimum atomic E-state index is 0.901. The number of nitrogens with zero attached hydrogens (tertiary/aromatic N) is 3. The van der Waals surface area contributed by atoms with Crippen LogP contribution in [0, 0.1) is 6.92 Å². The lowest BCUT2D eigenvalue weighted by molar-refractivity contribution is 0.626. The number of thiophene rings is 1. The Labute approximate surface area is 153 Å². The van der Waals surface area contributed by atoms with Crippen molar-refractivity contribution in [3.63, 3.8) is 0 Å². The maximum absolute atomic E-state index is 4.44. The van der Waals surface area contributed by atoms with Crippen molar-refractivity contribution in [1.82, 2.24) is 14.8 Å². The highest BCUT2D eigenvalue weighted by Crippen LogP contribution is 2.29. The second kappa shape index (κ2) is 7.64. The molecule has 3 rings (SSSR count). The highest BCUT2D eigenvalue weighted by atomic mass is 79.9. The molecule has 0 aliphatic heterocycles. The number of aryl methyl sites for hydroxylation is 1. The van der Waals surface area contributed by atoms with Gasteiger partial charge in [-0.25, -0.2) is 0 Å². The summed E-state index contributed by atoms with van der Waals surface area (Å²) in [6.07, 6.45) is 1.07. The van der Waals surface area contributed by atoms with E-state index in [2.05, 4.69) is 80.3 Å². The Hall–Kier alpha value is -1.11. The molecule has 0 atom stereocenters. The average molecular weight is 408 g/mol. The molecule has 23 heavy (non-hydrogen) atoms. The molecule has 0 radical (unpaired) electrons. The first-order valence-corrected chi connectivity index (χ1v) is 10.2. The van der Waals surface area contributed by atoms with Crippen LogP contribution < -0.4 is 0 Å². The lowest BCUT2D eigenvalue weighted by atomic mass is 10.2. The van der Waals surface area contributed by atoms with E-state index in [0.717, 1.165) is 34.2 Å². The third-order valence-corrected chi connectivity index (χ3v) is 5.86. The second-order valence-corrected chi connectivity index (χ2v) is 8.29. The van der Waals surface area contributed by atoms with Gasteiger partial charge in [0.25, 0.3) is 0 Å². The highest BCUT2D eigenvalue weighted by molar-refractivity contribution is 9.10. The van der Waals surface area contributed by atoms with Gasteiger partial charge in [-0.2, -0.15) is 0 Å². The van der Waals surface area contributed by atoms with Crippen molar-refractivity contribution in [2.45, 2.75) is 37.7 Å². The van der Waals surface area contributed by atoms with Crippen molar-refractivity contribution >= 4 is 39.0 Å². The molecule has 1 aromatic carbocycles. The first-order chi connectivity index (χ1) is 11.2. The van der Waals surface area contributed by atoms with Gasteiger partial charge >= 0.3 is 0 Å². The van der Waals surface area contributed by atoms with E-state index in [-0.39, 0.29) is 0 Å². The van der Waals surface area contributed by atoms with Crippen LogP contribution in [0.25, 0.3) is 11.4 Å². The van der Waals surface area contributed by atoms with Crippen LogP contribution in [0.4, 0.5) is 0 Å². The Morgan fingerprint density at radius 2 is 2.00 bits per heavy atom. The van der Waals surface area contributed by atoms with E-state index in [1.165, 1.54) is 16.0 Å². The molecule has 0 spiro atoms. The minimum Gasteiger partial charge on any atom is -0.302 e. The lowest BCUT2D eigenvalue weighted by Crippen LogP contribution is -2.01. The average Bonchev–Trinajstić information content (AvgIpc) is 3.14. The summed E-state index contributed by atoms with van der Waals surface area (Å²) in [6.45, 7) is 5.25. The number of rotatable bonds is 6. The number of hydrogen-bond donors (Lipinski definition) is 0. The Morgan fingerprint density at radius 3 is 2.65 bits per heavy atom. The minimum absolute atomic E-state index is 0.901. The first-order valence-electron chi connectivity index (χ1n) is 7.53. The van der Waals surface area contributed by atoms with Crippen LogP contribution in [-0.2, 0) is 12.3 Å². The van der Waals surface area contributed by atoms with Gasteiger partial charge in [0.2, 0.25) is 0 Å². The third-order valence-electron chi connectivity index (χ3n) is 3.43. The summed E-state index contributed by atoms with van der Waals surface area (Å²) < 4.78 is 3.35. The van der Waals surface area contributed by atoms with Crippen LogP contribution in [0.1, 0.15) is 23.8 Å². The summed E-state index contributed by atoms with van der Waals surface area (Å²) in [5.41, 5.74) is 2.46. The van der Waals surface area contributed by atoms with E-state index in [4.69, 9.17) is 0 Å². The standard InChI is InChI=1S/C17H18BrN3S2/c1-3-8-21-16(14-9-12(2)22-11-14)19-20-17(21)23-10-13-4-6-15(18)7-5-13/h4-7,9,11H,3,8,10H2,1-2H3. The van der Waals surface area contributed by atoms with E-state index in [9.17, 15) is 0 Å². The zero-order valence-electron chi connectivity index (χ0n) is 13.1. The molecule has 2 aromatic heterocycles. The topological polar surface area (TPSA) is 30.7 Å². The predicted molar refractivity (Wildman–Crippen MR) is 102 cm³/mol. The first kappa shape index (κ1) is 16.7. The van der Waals surface area contributed by atoms with Gasteiger partial charge in [-0.3, -0.25) is 0 Å². The molecular formula is C17H18BrN3S2. The molecular weight excluding hydrogens is 390 g/mol. The molecule has 0 bridgehead atoms. The third kappa shape index (κ3) is 4.05. The van der Waals surface area contributed by atoms with Gasteiger partial charge in [0.15, 0.2) is 11.0 Å². The largest absolute Gasteiger partial charge is 0.302 e. The van der Waals surface area contributed by atoms with E-state index in [1.807, 2.05) is 0 Å². The molecule has 0 unspecified atom stereocenters. The fourth-order valence-corrected chi connectivity index (χ4v) is 4.19. The molecule has 120 valence electrons. The monoisotopic (exact) mass is 407 g/mol. The van der Waals surface area contributed by atoms with E-state index >= 15 is 0 Å². The van der Waals surface area contributed by atoms with Gasteiger partial charge < -0.3 is 4.57 Å². The number of aromatic nitrogens is 3. The molecule has 3 nitrogen and oxygen atoms in total. The van der Waals surface area contributed by atoms with Crippen molar-refractivity contribution in [3.8, 4) is 11.4 Å². The molecule has 0 fully saturated rings. The summed E-state index contributed by atoms with van der Waals surface area (Å²) in [6, 6.07) is 10.6. The number of halogens is 1. The molecule has 0 amide bonds. The summed E-state index contributed by atoms with van der Waals surface area (Å²) in [7, 11) is 0. The maximum atomic E-state index is 4.44. The van der Waals surface area contributed by atoms with Gasteiger partial charge in [-0.15, -0.1) is 21.5 Å². The van der Waals surface area contributed by atoms with Gasteiger partial charge in [-0.1, -0.05) is 46.7 Å². The maximum Gasteiger partial charge on any atom is 0.191 e. The van der Waals surface area contributed by atoms with Crippen molar-refractivity contribution in [1.29, 1.82) is 0 Å². The Balaban J connectivity index is 1.81. The molecule has 0 N–H and O–H groups in total. The van der Waals surface area contributed by atoms with Crippen molar-refractivity contribution in [2.24, 2.45) is 0 Å². The van der Waals surface area contributed by atoms with Crippen LogP contribution in [0.15, 0.2) is 45.3 Å². The van der Waals surface area contributed by atoms with Gasteiger partial charge in [0.05, 0.1) is 0 Å². The molecule has 3 aromatic rings. The fraction of sp³-hybridized carbons (Fsp3) is 0.294. The van der Waals surface area contributed by atoms with Gasteiger partial charge in [-0.05, 0) is 37.1 Å². The quantitative estimate of drug-likeness (QED) is 0.485. The molecule has 2 heterocycles. The van der Waals surface area contributed by atoms with Crippen molar-refractivity contribution in [3.05, 3.63) is 50.6 Å². The van der Waals surface area contributed by atoms with Gasteiger partial charge in [0, 0.05) is 32.6 Å². The highest BCUT2D eigenvalue weighted by Gasteiger charge is 2.14. The van der Waals surface area contributed by atoms with E-state index in [1.54, 1.807) is 23.1 Å². The normalized spacial score (nSPS) is 11.1. The molecule has 0 aliphatic rings. The van der Waals surface area contributed by atoms with Crippen molar-refractivity contribution in [2.75, 3.05) is 0 Å². The van der Waals surface area contributed by atoms with Crippen LogP contribution in [0.5, 0.6) is 0 Å². The summed E-state index contributed by atoms with van der Waals surface area (Å²) >= 11 is 6.97. The fourth-order valence-electron chi connectivity index (χ4n) is 2.32. The molecule has 0 aliphatic carbocycles. The Morgan fingerprint density at radius 1 is 1.22 bits per heavy atom. The van der Waals surface area contributed by atoms with Crippen LogP contribution in [-0.4, -0.2) is 14.8 Å². The lowest BCUT2D eigenvalue weighted by Gasteiger charge is -2.08. The van der Waals surface area contributed by atoms with Crippen molar-refractivity contribution < 1.29 is 0 Å². The van der Waals surface area contributed by atoms with Crippen LogP contribution in [0.3, 0.4) is 0 Å². The van der Waals surface area contributed by atoms with Crippen LogP contribution in [0.2, 0.25) is 0 Å². The molecule has 0 saturated carbocycles. The second-order valence-electron chi connectivity index (χ2n) is 5.32. The van der Waals surface area contributed by atoms with E-state index < -0.39 is 0 Å². The number of benzene rings is 1. The molecule has 6 heteroatoms. The predicted octanol–water partition coefficient (Wildman–Crippen LogP) is 5.78. The summed E-state index contributed by atoms with van der Waals surface area (Å²) in [4.78, 5) is 1.30. The molecule has 0 saturated heterocycles. The van der Waals surface area contributed by atoms with Crippen LogP contribution >= 0.6 is 39.0 Å². The zero-order chi connectivity index (χ0) is 16.2.